The molecule has 3 N–H and O–H groups in total. The Labute approximate surface area is 93.6 Å². The number of methoxy groups -OCH3 is 1. The van der Waals surface area contributed by atoms with Gasteiger partial charge in [-0.25, -0.2) is 0 Å². The molecule has 5 heteroatoms. The van der Waals surface area contributed by atoms with Gasteiger partial charge in [-0.1, -0.05) is 11.6 Å². The first-order valence-corrected chi connectivity index (χ1v) is 4.89. The minimum Gasteiger partial charge on any atom is -0.493 e. The van der Waals surface area contributed by atoms with Gasteiger partial charge in [-0.2, -0.15) is 0 Å². The number of hydrogen-bond acceptors (Lipinski definition) is 4. The molecule has 0 spiro atoms. The van der Waals surface area contributed by atoms with E-state index < -0.39 is 6.10 Å². The largest absolute Gasteiger partial charge is 0.493 e. The Kier molecular flexibility index (Phi) is 4.68. The second-order valence-corrected chi connectivity index (χ2v) is 3.43. The molecule has 1 atom stereocenters. The van der Waals surface area contributed by atoms with E-state index in [1.165, 1.54) is 7.11 Å². The molecule has 0 fully saturated rings. The number of aliphatic hydroxyl groups excluding tert-OH is 1. The zero-order chi connectivity index (χ0) is 11.3. The molecule has 0 saturated heterocycles. The molecule has 0 saturated carbocycles. The predicted octanol–water partition coefficient (Wildman–Crippen LogP) is 1.05. The van der Waals surface area contributed by atoms with Crippen LogP contribution in [0.4, 0.5) is 0 Å². The Morgan fingerprint density at radius 1 is 1.47 bits per heavy atom. The van der Waals surface area contributed by atoms with E-state index >= 15 is 0 Å². The number of halogens is 1. The lowest BCUT2D eigenvalue weighted by Gasteiger charge is -2.13. The van der Waals surface area contributed by atoms with Crippen LogP contribution >= 0.6 is 11.6 Å². The molecule has 1 aromatic rings. The van der Waals surface area contributed by atoms with Gasteiger partial charge in [-0.3, -0.25) is 0 Å². The highest BCUT2D eigenvalue weighted by Gasteiger charge is 2.07. The van der Waals surface area contributed by atoms with Crippen LogP contribution in [0.3, 0.4) is 0 Å². The summed E-state index contributed by atoms with van der Waals surface area (Å²) in [5, 5.41) is 9.79. The summed E-state index contributed by atoms with van der Waals surface area (Å²) in [4.78, 5) is 0. The molecule has 84 valence electrons. The van der Waals surface area contributed by atoms with Crippen molar-refractivity contribution >= 4 is 11.6 Å². The summed E-state index contributed by atoms with van der Waals surface area (Å²) in [5.74, 6) is 1.07. The van der Waals surface area contributed by atoms with E-state index in [1.54, 1.807) is 18.2 Å². The third-order valence-corrected chi connectivity index (χ3v) is 2.06. The molecule has 15 heavy (non-hydrogen) atoms. The second-order valence-electron chi connectivity index (χ2n) is 3.00. The van der Waals surface area contributed by atoms with Gasteiger partial charge in [0, 0.05) is 17.6 Å². The van der Waals surface area contributed by atoms with E-state index in [0.29, 0.717) is 16.5 Å². The highest BCUT2D eigenvalue weighted by Crippen LogP contribution is 2.29. The summed E-state index contributed by atoms with van der Waals surface area (Å²) < 4.78 is 10.4. The van der Waals surface area contributed by atoms with Crippen molar-refractivity contribution in [2.75, 3.05) is 20.3 Å². The normalized spacial score (nSPS) is 12.3. The average molecular weight is 232 g/mol. The zero-order valence-electron chi connectivity index (χ0n) is 8.44. The number of benzene rings is 1. The lowest BCUT2D eigenvalue weighted by molar-refractivity contribution is 0.112. The molecule has 0 aromatic heterocycles. The van der Waals surface area contributed by atoms with Crippen molar-refractivity contribution in [3.63, 3.8) is 0 Å². The van der Waals surface area contributed by atoms with Crippen LogP contribution in [0.1, 0.15) is 0 Å². The van der Waals surface area contributed by atoms with Crippen LogP contribution < -0.4 is 15.2 Å². The summed E-state index contributed by atoms with van der Waals surface area (Å²) in [6, 6.07) is 5.02. The molecular formula is C10H14ClNO3. The summed E-state index contributed by atoms with van der Waals surface area (Å²) in [6.45, 7) is 0.296. The van der Waals surface area contributed by atoms with Crippen molar-refractivity contribution in [1.82, 2.24) is 0 Å². The van der Waals surface area contributed by atoms with Gasteiger partial charge >= 0.3 is 0 Å². The standard InChI is InChI=1S/C10H14ClNO3/c1-14-10-4-7(11)2-3-9(10)15-6-8(13)5-12/h2-4,8,13H,5-6,12H2,1H3. The minimum atomic E-state index is -0.676. The zero-order valence-corrected chi connectivity index (χ0v) is 9.20. The summed E-state index contributed by atoms with van der Waals surface area (Å²) in [5.41, 5.74) is 5.25. The van der Waals surface area contributed by atoms with Crippen molar-refractivity contribution in [1.29, 1.82) is 0 Å². The first kappa shape index (κ1) is 12.1. The van der Waals surface area contributed by atoms with Gasteiger partial charge in [-0.15, -0.1) is 0 Å². The topological polar surface area (TPSA) is 64.7 Å². The van der Waals surface area contributed by atoms with Crippen LogP contribution in [-0.2, 0) is 0 Å². The van der Waals surface area contributed by atoms with Crippen LogP contribution in [0.15, 0.2) is 18.2 Å². The number of hydrogen-bond donors (Lipinski definition) is 2. The fourth-order valence-corrected chi connectivity index (χ4v) is 1.18. The highest BCUT2D eigenvalue weighted by atomic mass is 35.5. The van der Waals surface area contributed by atoms with E-state index in [-0.39, 0.29) is 13.2 Å². The summed E-state index contributed by atoms with van der Waals surface area (Å²) in [7, 11) is 1.53. The molecule has 0 bridgehead atoms. The minimum absolute atomic E-state index is 0.133. The Hall–Kier alpha value is -0.970. The fourth-order valence-electron chi connectivity index (χ4n) is 1.01. The lowest BCUT2D eigenvalue weighted by Crippen LogP contribution is -2.26. The molecule has 1 rings (SSSR count). The Bertz CT molecular complexity index is 320. The van der Waals surface area contributed by atoms with Crippen LogP contribution in [0.5, 0.6) is 11.5 Å². The van der Waals surface area contributed by atoms with Gasteiger partial charge < -0.3 is 20.3 Å². The monoisotopic (exact) mass is 231 g/mol. The summed E-state index contributed by atoms with van der Waals surface area (Å²) >= 11 is 5.78. The number of nitrogens with two attached hydrogens (primary N) is 1. The molecule has 0 aliphatic carbocycles. The van der Waals surface area contributed by atoms with Crippen molar-refractivity contribution in [3.8, 4) is 11.5 Å². The first-order chi connectivity index (χ1) is 7.17. The number of rotatable bonds is 5. The molecule has 0 aliphatic rings. The third kappa shape index (κ3) is 3.58. The van der Waals surface area contributed by atoms with E-state index in [1.807, 2.05) is 0 Å². The molecule has 0 radical (unpaired) electrons. The first-order valence-electron chi connectivity index (χ1n) is 4.52. The van der Waals surface area contributed by atoms with Gasteiger partial charge in [-0.05, 0) is 12.1 Å². The van der Waals surface area contributed by atoms with Crippen molar-refractivity contribution in [3.05, 3.63) is 23.2 Å². The Morgan fingerprint density at radius 2 is 2.20 bits per heavy atom. The smallest absolute Gasteiger partial charge is 0.162 e. The molecule has 4 nitrogen and oxygen atoms in total. The molecule has 0 amide bonds. The average Bonchev–Trinajstić information content (AvgIpc) is 2.26. The predicted molar refractivity (Wildman–Crippen MR) is 58.6 cm³/mol. The van der Waals surface area contributed by atoms with Crippen LogP contribution in [-0.4, -0.2) is 31.5 Å². The maximum atomic E-state index is 9.22. The van der Waals surface area contributed by atoms with Gasteiger partial charge in [0.2, 0.25) is 0 Å². The highest BCUT2D eigenvalue weighted by molar-refractivity contribution is 6.30. The van der Waals surface area contributed by atoms with Crippen molar-refractivity contribution < 1.29 is 14.6 Å². The maximum Gasteiger partial charge on any atom is 0.162 e. The van der Waals surface area contributed by atoms with E-state index in [4.69, 9.17) is 26.8 Å². The van der Waals surface area contributed by atoms with E-state index in [0.717, 1.165) is 0 Å². The Morgan fingerprint density at radius 3 is 2.80 bits per heavy atom. The quantitative estimate of drug-likeness (QED) is 0.795. The SMILES string of the molecule is COc1cc(Cl)ccc1OCC(O)CN. The molecule has 1 unspecified atom stereocenters. The molecule has 0 heterocycles. The molecule has 1 aromatic carbocycles. The molecular weight excluding hydrogens is 218 g/mol. The van der Waals surface area contributed by atoms with E-state index in [2.05, 4.69) is 0 Å². The van der Waals surface area contributed by atoms with Gasteiger partial charge in [0.25, 0.3) is 0 Å². The number of ether oxygens (including phenoxy) is 2. The number of aliphatic hydroxyl groups is 1. The second kappa shape index (κ2) is 5.80. The van der Waals surface area contributed by atoms with Crippen molar-refractivity contribution in [2.45, 2.75) is 6.10 Å². The van der Waals surface area contributed by atoms with Gasteiger partial charge in [0.05, 0.1) is 7.11 Å². The maximum absolute atomic E-state index is 9.22. The third-order valence-electron chi connectivity index (χ3n) is 1.83. The van der Waals surface area contributed by atoms with Crippen molar-refractivity contribution in [2.24, 2.45) is 5.73 Å². The molecule has 0 aliphatic heterocycles. The van der Waals surface area contributed by atoms with Gasteiger partial charge in [0.15, 0.2) is 11.5 Å². The van der Waals surface area contributed by atoms with Crippen LogP contribution in [0, 0.1) is 0 Å². The lowest BCUT2D eigenvalue weighted by atomic mass is 10.3. The van der Waals surface area contributed by atoms with Crippen LogP contribution in [0.2, 0.25) is 5.02 Å². The van der Waals surface area contributed by atoms with E-state index in [9.17, 15) is 5.11 Å². The fraction of sp³-hybridized carbons (Fsp3) is 0.400. The summed E-state index contributed by atoms with van der Waals surface area (Å²) in [6.07, 6.45) is -0.676. The van der Waals surface area contributed by atoms with Crippen LogP contribution in [0.25, 0.3) is 0 Å². The van der Waals surface area contributed by atoms with Gasteiger partial charge in [0.1, 0.15) is 12.7 Å². The Balaban J connectivity index is 2.67.